The van der Waals surface area contributed by atoms with Gasteiger partial charge in [0.2, 0.25) is 35.4 Å². The molecule has 47 heavy (non-hydrogen) atoms. The SMILES string of the molecule is CC(C)C[C@@H]1NC(=O)CN(C)C(=O)[C@H](CO)NC(=O)[C@@H]2C[C@H](NC(=O)C3CCN(C)CC3)CN2C(=O)[C@H](Cc2ccccc2)NC1=O. The fourth-order valence-electron chi connectivity index (χ4n) is 6.50. The first-order chi connectivity index (χ1) is 22.4. The zero-order chi connectivity index (χ0) is 34.2. The second kappa shape index (κ2) is 16.2. The Morgan fingerprint density at radius 2 is 1.57 bits per heavy atom. The lowest BCUT2D eigenvalue weighted by Gasteiger charge is -2.30. The van der Waals surface area contributed by atoms with E-state index in [1.165, 1.54) is 11.9 Å². The average Bonchev–Trinajstić information content (AvgIpc) is 3.46. The van der Waals surface area contributed by atoms with E-state index >= 15 is 0 Å². The Kier molecular flexibility index (Phi) is 12.3. The first kappa shape index (κ1) is 35.8. The lowest BCUT2D eigenvalue weighted by atomic mass is 9.96. The average molecular weight is 656 g/mol. The zero-order valence-corrected chi connectivity index (χ0v) is 27.7. The highest BCUT2D eigenvalue weighted by Gasteiger charge is 2.44. The van der Waals surface area contributed by atoms with Gasteiger partial charge < -0.3 is 41.1 Å². The molecule has 3 fully saturated rings. The van der Waals surface area contributed by atoms with Crippen molar-refractivity contribution < 1.29 is 33.9 Å². The largest absolute Gasteiger partial charge is 0.394 e. The van der Waals surface area contributed by atoms with Crippen LogP contribution in [-0.2, 0) is 35.2 Å². The standard InChI is InChI=1S/C33H49N7O7/c1-20(2)14-24-30(44)36-25(15-21-8-6-5-7-9-21)33(47)40-17-23(34-29(43)22-10-12-38(3)13-11-22)16-27(40)31(45)37-26(19-41)32(46)39(4)18-28(42)35-24/h5-9,20,22-27,41H,10-19H2,1-4H3,(H,34,43)(H,35,42)(H,36,44)(H,37,45)/t23-,24-,25-,26-,27-/m0/s1. The Labute approximate surface area is 276 Å². The molecule has 14 nitrogen and oxygen atoms in total. The highest BCUT2D eigenvalue weighted by Crippen LogP contribution is 2.23. The number of nitrogens with zero attached hydrogens (tertiary/aromatic N) is 3. The van der Waals surface area contributed by atoms with Crippen molar-refractivity contribution in [2.45, 2.75) is 76.2 Å². The van der Waals surface area contributed by atoms with Gasteiger partial charge in [0.15, 0.2) is 0 Å². The Hall–Kier alpha value is -4.04. The molecular weight excluding hydrogens is 606 g/mol. The van der Waals surface area contributed by atoms with Gasteiger partial charge in [-0.2, -0.15) is 0 Å². The first-order valence-electron chi connectivity index (χ1n) is 16.5. The summed E-state index contributed by atoms with van der Waals surface area (Å²) in [5.41, 5.74) is 0.772. The molecule has 0 radical (unpaired) electrons. The van der Waals surface area contributed by atoms with E-state index in [4.69, 9.17) is 0 Å². The van der Waals surface area contributed by atoms with Crippen LogP contribution in [0.4, 0.5) is 0 Å². The number of likely N-dealkylation sites (tertiary alicyclic amines) is 1. The van der Waals surface area contributed by atoms with E-state index in [-0.39, 0.29) is 43.6 Å². The fourth-order valence-corrected chi connectivity index (χ4v) is 6.50. The summed E-state index contributed by atoms with van der Waals surface area (Å²) in [6.45, 7) is 4.25. The number of fused-ring (bicyclic) bond motifs is 1. The van der Waals surface area contributed by atoms with Crippen molar-refractivity contribution in [3.8, 4) is 0 Å². The van der Waals surface area contributed by atoms with Gasteiger partial charge in [-0.1, -0.05) is 44.2 Å². The minimum absolute atomic E-state index is 0.00764. The van der Waals surface area contributed by atoms with Crippen molar-refractivity contribution in [2.75, 3.05) is 46.9 Å². The van der Waals surface area contributed by atoms with Gasteiger partial charge in [0, 0.05) is 32.0 Å². The van der Waals surface area contributed by atoms with E-state index in [9.17, 15) is 33.9 Å². The molecule has 0 spiro atoms. The number of aliphatic hydroxyl groups is 1. The van der Waals surface area contributed by atoms with Gasteiger partial charge >= 0.3 is 0 Å². The third kappa shape index (κ3) is 9.50. The number of benzene rings is 1. The van der Waals surface area contributed by atoms with E-state index in [2.05, 4.69) is 26.2 Å². The van der Waals surface area contributed by atoms with Gasteiger partial charge in [-0.25, -0.2) is 0 Å². The van der Waals surface area contributed by atoms with Gasteiger partial charge in [0.05, 0.1) is 13.2 Å². The van der Waals surface area contributed by atoms with Crippen LogP contribution in [0.1, 0.15) is 45.1 Å². The Balaban J connectivity index is 1.68. The second-order valence-corrected chi connectivity index (χ2v) is 13.5. The van der Waals surface area contributed by atoms with Crippen molar-refractivity contribution in [2.24, 2.45) is 11.8 Å². The van der Waals surface area contributed by atoms with Crippen LogP contribution in [0, 0.1) is 11.8 Å². The molecule has 1 aromatic carbocycles. The number of carbonyl (C=O) groups is 6. The number of piperidine rings is 1. The van der Waals surface area contributed by atoms with Crippen molar-refractivity contribution in [3.05, 3.63) is 35.9 Å². The number of amides is 6. The summed E-state index contributed by atoms with van der Waals surface area (Å²) < 4.78 is 0. The van der Waals surface area contributed by atoms with Crippen LogP contribution >= 0.6 is 0 Å². The normalized spacial score (nSPS) is 27.4. The number of rotatable bonds is 7. The summed E-state index contributed by atoms with van der Waals surface area (Å²) >= 11 is 0. The van der Waals surface area contributed by atoms with Crippen LogP contribution in [0.15, 0.2) is 30.3 Å². The van der Waals surface area contributed by atoms with Crippen molar-refractivity contribution in [1.29, 1.82) is 0 Å². The topological polar surface area (TPSA) is 180 Å². The van der Waals surface area contributed by atoms with Crippen LogP contribution in [0.2, 0.25) is 0 Å². The van der Waals surface area contributed by atoms with Crippen LogP contribution in [0.3, 0.4) is 0 Å². The molecule has 14 heteroatoms. The van der Waals surface area contributed by atoms with Crippen molar-refractivity contribution >= 4 is 35.4 Å². The predicted molar refractivity (Wildman–Crippen MR) is 172 cm³/mol. The van der Waals surface area contributed by atoms with Crippen LogP contribution < -0.4 is 21.3 Å². The summed E-state index contributed by atoms with van der Waals surface area (Å²) in [6, 6.07) is 4.02. The molecule has 0 aromatic heterocycles. The smallest absolute Gasteiger partial charge is 0.247 e. The Morgan fingerprint density at radius 1 is 0.915 bits per heavy atom. The molecular formula is C33H49N7O7. The van der Waals surface area contributed by atoms with Crippen molar-refractivity contribution in [1.82, 2.24) is 36.0 Å². The molecule has 0 bridgehead atoms. The summed E-state index contributed by atoms with van der Waals surface area (Å²) in [5, 5.41) is 21.2. The summed E-state index contributed by atoms with van der Waals surface area (Å²) in [6.07, 6.45) is 1.88. The number of likely N-dealkylation sites (N-methyl/N-ethyl adjacent to an activating group) is 1. The third-order valence-corrected chi connectivity index (χ3v) is 9.13. The molecule has 3 saturated heterocycles. The molecule has 0 saturated carbocycles. The maximum Gasteiger partial charge on any atom is 0.247 e. The molecule has 4 rings (SSSR count). The molecule has 5 atom stereocenters. The number of nitrogens with one attached hydrogen (secondary N) is 4. The molecule has 3 aliphatic heterocycles. The number of aliphatic hydroxyl groups excluding tert-OH is 1. The van der Waals surface area contributed by atoms with Gasteiger partial charge in [-0.3, -0.25) is 28.8 Å². The summed E-state index contributed by atoms with van der Waals surface area (Å²) in [4.78, 5) is 85.9. The van der Waals surface area contributed by atoms with E-state index < -0.39 is 72.9 Å². The lowest BCUT2D eigenvalue weighted by Crippen LogP contribution is -2.58. The monoisotopic (exact) mass is 655 g/mol. The molecule has 0 aliphatic carbocycles. The molecule has 258 valence electrons. The number of carbonyl (C=O) groups excluding carboxylic acids is 6. The molecule has 3 aliphatic rings. The van der Waals surface area contributed by atoms with Gasteiger partial charge in [-0.05, 0) is 57.3 Å². The van der Waals surface area contributed by atoms with Crippen LogP contribution in [0.25, 0.3) is 0 Å². The van der Waals surface area contributed by atoms with E-state index in [1.54, 1.807) is 0 Å². The zero-order valence-electron chi connectivity index (χ0n) is 27.7. The minimum atomic E-state index is -1.37. The van der Waals surface area contributed by atoms with Gasteiger partial charge in [-0.15, -0.1) is 0 Å². The lowest BCUT2D eigenvalue weighted by molar-refractivity contribution is -0.143. The van der Waals surface area contributed by atoms with Gasteiger partial charge in [0.1, 0.15) is 24.2 Å². The summed E-state index contributed by atoms with van der Waals surface area (Å²) in [5.74, 6) is -3.40. The molecule has 6 amide bonds. The van der Waals surface area contributed by atoms with E-state index in [0.717, 1.165) is 23.6 Å². The van der Waals surface area contributed by atoms with E-state index in [1.807, 2.05) is 51.2 Å². The minimum Gasteiger partial charge on any atom is -0.394 e. The highest BCUT2D eigenvalue weighted by atomic mass is 16.3. The Bertz CT molecular complexity index is 1300. The molecule has 5 N–H and O–H groups in total. The predicted octanol–water partition coefficient (Wildman–Crippen LogP) is -1.38. The fraction of sp³-hybridized carbons (Fsp3) is 0.636. The highest BCUT2D eigenvalue weighted by molar-refractivity contribution is 5.97. The Morgan fingerprint density at radius 3 is 2.21 bits per heavy atom. The number of hydrogen-bond acceptors (Lipinski definition) is 8. The number of hydrogen-bond donors (Lipinski definition) is 5. The van der Waals surface area contributed by atoms with Crippen LogP contribution in [0.5, 0.6) is 0 Å². The summed E-state index contributed by atoms with van der Waals surface area (Å²) in [7, 11) is 3.37. The first-order valence-corrected chi connectivity index (χ1v) is 16.5. The maximum atomic E-state index is 14.4. The molecule has 3 heterocycles. The maximum absolute atomic E-state index is 14.4. The van der Waals surface area contributed by atoms with Crippen molar-refractivity contribution in [3.63, 3.8) is 0 Å². The van der Waals surface area contributed by atoms with Gasteiger partial charge in [0.25, 0.3) is 0 Å². The quantitative estimate of drug-likeness (QED) is 0.239. The third-order valence-electron chi connectivity index (χ3n) is 9.13. The molecule has 0 unspecified atom stereocenters. The second-order valence-electron chi connectivity index (χ2n) is 13.5. The molecule has 1 aromatic rings. The van der Waals surface area contributed by atoms with Crippen LogP contribution in [-0.4, -0.2) is 132 Å². The van der Waals surface area contributed by atoms with E-state index in [0.29, 0.717) is 12.8 Å².